The molecule has 0 spiro atoms. The molecule has 0 aliphatic rings. The summed E-state index contributed by atoms with van der Waals surface area (Å²) in [5, 5.41) is 17.9. The van der Waals surface area contributed by atoms with Crippen LogP contribution in [0.15, 0.2) is 64.1 Å². The Kier molecular flexibility index (Phi) is 6.54. The first-order chi connectivity index (χ1) is 13.9. The first-order valence-corrected chi connectivity index (χ1v) is 9.36. The molecule has 0 radical (unpaired) electrons. The van der Waals surface area contributed by atoms with Gasteiger partial charge in [0.25, 0.3) is 11.6 Å². The van der Waals surface area contributed by atoms with Crippen molar-refractivity contribution in [2.45, 2.75) is 0 Å². The van der Waals surface area contributed by atoms with Crippen LogP contribution >= 0.6 is 22.6 Å². The fourth-order valence-corrected chi connectivity index (χ4v) is 2.75. The Labute approximate surface area is 178 Å². The lowest BCUT2D eigenvalue weighted by molar-refractivity contribution is -0.384. The lowest BCUT2D eigenvalue weighted by atomic mass is 10.1. The molecule has 0 aliphatic carbocycles. The van der Waals surface area contributed by atoms with E-state index in [4.69, 9.17) is 4.42 Å². The van der Waals surface area contributed by atoms with Gasteiger partial charge in [0.1, 0.15) is 17.3 Å². The number of rotatable bonds is 7. The van der Waals surface area contributed by atoms with E-state index >= 15 is 0 Å². The SMILES string of the molecule is O=C(CNc1ccc(I)cc1)N/N=C\c1ccc(-c2ccc(F)cc2[N+](=O)[O-])o1. The molecule has 0 fully saturated rings. The number of nitrogens with zero attached hydrogens (tertiary/aromatic N) is 2. The molecule has 0 aliphatic heterocycles. The van der Waals surface area contributed by atoms with Crippen LogP contribution in [0.5, 0.6) is 0 Å². The molecule has 0 saturated heterocycles. The normalized spacial score (nSPS) is 10.8. The van der Waals surface area contributed by atoms with Crippen LogP contribution in [0.4, 0.5) is 15.8 Å². The molecule has 0 atom stereocenters. The molecule has 0 bridgehead atoms. The summed E-state index contributed by atoms with van der Waals surface area (Å²) < 4.78 is 19.8. The number of carbonyl (C=O) groups excluding carboxylic acids is 1. The number of nitro benzene ring substituents is 1. The number of benzene rings is 2. The Bertz CT molecular complexity index is 1070. The van der Waals surface area contributed by atoms with Gasteiger partial charge in [0.2, 0.25) is 0 Å². The van der Waals surface area contributed by atoms with Crippen molar-refractivity contribution in [1.82, 2.24) is 5.43 Å². The van der Waals surface area contributed by atoms with E-state index in [0.717, 1.165) is 21.4 Å². The molecule has 10 heteroatoms. The van der Waals surface area contributed by atoms with Crippen LogP contribution in [0.3, 0.4) is 0 Å². The third-order valence-electron chi connectivity index (χ3n) is 3.73. The predicted octanol–water partition coefficient (Wildman–Crippen LogP) is 4.16. The van der Waals surface area contributed by atoms with Gasteiger partial charge in [-0.1, -0.05) is 0 Å². The lowest BCUT2D eigenvalue weighted by Crippen LogP contribution is -2.25. The van der Waals surface area contributed by atoms with Gasteiger partial charge in [0, 0.05) is 9.26 Å². The second kappa shape index (κ2) is 9.28. The van der Waals surface area contributed by atoms with Crippen molar-refractivity contribution in [1.29, 1.82) is 0 Å². The summed E-state index contributed by atoms with van der Waals surface area (Å²) in [6, 6.07) is 13.8. The van der Waals surface area contributed by atoms with Crippen LogP contribution in [0, 0.1) is 19.5 Å². The van der Waals surface area contributed by atoms with E-state index < -0.39 is 16.4 Å². The van der Waals surface area contributed by atoms with Crippen molar-refractivity contribution in [3.8, 4) is 11.3 Å². The van der Waals surface area contributed by atoms with E-state index in [-0.39, 0.29) is 29.5 Å². The Hall–Kier alpha value is -3.28. The molecule has 8 nitrogen and oxygen atoms in total. The van der Waals surface area contributed by atoms with Gasteiger partial charge in [-0.25, -0.2) is 9.82 Å². The number of carbonyl (C=O) groups is 1. The molecule has 1 amide bonds. The van der Waals surface area contributed by atoms with Gasteiger partial charge in [-0.2, -0.15) is 5.10 Å². The van der Waals surface area contributed by atoms with Crippen molar-refractivity contribution in [3.63, 3.8) is 0 Å². The van der Waals surface area contributed by atoms with Gasteiger partial charge >= 0.3 is 0 Å². The van der Waals surface area contributed by atoms with Crippen molar-refractivity contribution in [2.75, 3.05) is 11.9 Å². The highest BCUT2D eigenvalue weighted by molar-refractivity contribution is 14.1. The Balaban J connectivity index is 1.59. The molecule has 148 valence electrons. The molecular formula is C19H14FIN4O4. The zero-order valence-corrected chi connectivity index (χ0v) is 16.9. The van der Waals surface area contributed by atoms with E-state index in [1.54, 1.807) is 0 Å². The average Bonchev–Trinajstić information content (AvgIpc) is 3.16. The van der Waals surface area contributed by atoms with Gasteiger partial charge in [-0.15, -0.1) is 0 Å². The summed E-state index contributed by atoms with van der Waals surface area (Å²) in [5.74, 6) is -0.620. The number of nitrogens with one attached hydrogen (secondary N) is 2. The fraction of sp³-hybridized carbons (Fsp3) is 0.0526. The molecule has 2 N–H and O–H groups in total. The lowest BCUT2D eigenvalue weighted by Gasteiger charge is -2.04. The minimum atomic E-state index is -0.713. The maximum Gasteiger partial charge on any atom is 0.283 e. The minimum Gasteiger partial charge on any atom is -0.455 e. The molecule has 29 heavy (non-hydrogen) atoms. The van der Waals surface area contributed by atoms with Crippen LogP contribution in [-0.4, -0.2) is 23.6 Å². The van der Waals surface area contributed by atoms with Crippen molar-refractivity contribution in [3.05, 3.63) is 79.9 Å². The highest BCUT2D eigenvalue weighted by Crippen LogP contribution is 2.31. The Morgan fingerprint density at radius 1 is 1.21 bits per heavy atom. The Morgan fingerprint density at radius 3 is 2.69 bits per heavy atom. The zero-order valence-electron chi connectivity index (χ0n) is 14.8. The smallest absolute Gasteiger partial charge is 0.283 e. The summed E-state index contributed by atoms with van der Waals surface area (Å²) in [7, 11) is 0. The standard InChI is InChI=1S/C19H14FIN4O4/c20-12-1-7-16(17(9-12)25(27)28)18-8-6-15(29-18)10-23-24-19(26)11-22-14-4-2-13(21)3-5-14/h1-10,22H,11H2,(H,24,26)/b23-10-. The van der Waals surface area contributed by atoms with Crippen LogP contribution < -0.4 is 10.7 Å². The average molecular weight is 508 g/mol. The summed E-state index contributed by atoms with van der Waals surface area (Å²) in [4.78, 5) is 22.2. The van der Waals surface area contributed by atoms with Crippen LogP contribution in [0.25, 0.3) is 11.3 Å². The van der Waals surface area contributed by atoms with Crippen LogP contribution in [0.2, 0.25) is 0 Å². The molecule has 0 saturated carbocycles. The van der Waals surface area contributed by atoms with Crippen molar-refractivity contribution >= 4 is 46.1 Å². The van der Waals surface area contributed by atoms with Gasteiger partial charge in [0.05, 0.1) is 29.3 Å². The minimum absolute atomic E-state index is 0.0309. The number of hydrazone groups is 1. The van der Waals surface area contributed by atoms with E-state index in [0.29, 0.717) is 0 Å². The highest BCUT2D eigenvalue weighted by atomic mass is 127. The molecule has 3 rings (SSSR count). The van der Waals surface area contributed by atoms with Gasteiger partial charge < -0.3 is 9.73 Å². The number of anilines is 1. The molecule has 3 aromatic rings. The van der Waals surface area contributed by atoms with Gasteiger partial charge in [-0.3, -0.25) is 14.9 Å². The number of amides is 1. The number of halogens is 2. The molecular weight excluding hydrogens is 494 g/mol. The first kappa shape index (κ1) is 20.5. The molecule has 0 unspecified atom stereocenters. The number of nitro groups is 1. The Morgan fingerprint density at radius 2 is 1.97 bits per heavy atom. The molecule has 1 aromatic heterocycles. The predicted molar refractivity (Wildman–Crippen MR) is 114 cm³/mol. The van der Waals surface area contributed by atoms with Crippen molar-refractivity contribution < 1.29 is 18.5 Å². The summed E-state index contributed by atoms with van der Waals surface area (Å²) in [6.07, 6.45) is 1.27. The van der Waals surface area contributed by atoms with E-state index in [1.807, 2.05) is 24.3 Å². The number of furan rings is 1. The summed E-state index contributed by atoms with van der Waals surface area (Å²) in [5.41, 5.74) is 2.89. The number of hydrogen-bond donors (Lipinski definition) is 2. The second-order valence-electron chi connectivity index (χ2n) is 5.77. The largest absolute Gasteiger partial charge is 0.455 e. The maximum absolute atomic E-state index is 13.3. The van der Waals surface area contributed by atoms with Crippen molar-refractivity contribution in [2.24, 2.45) is 5.10 Å². The zero-order chi connectivity index (χ0) is 20.8. The third-order valence-corrected chi connectivity index (χ3v) is 4.45. The van der Waals surface area contributed by atoms with E-state index in [9.17, 15) is 19.3 Å². The monoisotopic (exact) mass is 508 g/mol. The van der Waals surface area contributed by atoms with E-state index in [1.165, 1.54) is 24.4 Å². The highest BCUT2D eigenvalue weighted by Gasteiger charge is 2.19. The maximum atomic E-state index is 13.3. The van der Waals surface area contributed by atoms with Gasteiger partial charge in [0.15, 0.2) is 0 Å². The fourth-order valence-electron chi connectivity index (χ4n) is 2.39. The third kappa shape index (κ3) is 5.60. The van der Waals surface area contributed by atoms with Gasteiger partial charge in [-0.05, 0) is 71.1 Å². The summed E-state index contributed by atoms with van der Waals surface area (Å²) in [6.45, 7) is 0.0309. The molecule has 1 heterocycles. The first-order valence-electron chi connectivity index (χ1n) is 8.28. The quantitative estimate of drug-likeness (QED) is 0.216. The molecule has 2 aromatic carbocycles. The topological polar surface area (TPSA) is 110 Å². The van der Waals surface area contributed by atoms with E-state index in [2.05, 4.69) is 38.4 Å². The second-order valence-corrected chi connectivity index (χ2v) is 7.02. The number of hydrogen-bond acceptors (Lipinski definition) is 6. The van der Waals surface area contributed by atoms with Crippen LogP contribution in [-0.2, 0) is 4.79 Å². The summed E-state index contributed by atoms with van der Waals surface area (Å²) >= 11 is 2.19. The van der Waals surface area contributed by atoms with Crippen LogP contribution in [0.1, 0.15) is 5.76 Å².